The lowest BCUT2D eigenvalue weighted by Gasteiger charge is -2.29. The van der Waals surface area contributed by atoms with Gasteiger partial charge in [-0.25, -0.2) is 0 Å². The SMILES string of the molecule is OC(CC1CCCC1)CN1CCOCC1. The van der Waals surface area contributed by atoms with E-state index in [2.05, 4.69) is 4.90 Å². The number of ether oxygens (including phenoxy) is 1. The van der Waals surface area contributed by atoms with Crippen LogP contribution in [0.25, 0.3) is 0 Å². The third-order valence-electron chi connectivity index (χ3n) is 3.65. The Morgan fingerprint density at radius 1 is 1.20 bits per heavy atom. The molecule has 1 aliphatic heterocycles. The summed E-state index contributed by atoms with van der Waals surface area (Å²) in [5.74, 6) is 0.793. The van der Waals surface area contributed by atoms with Crippen LogP contribution in [-0.2, 0) is 4.74 Å². The van der Waals surface area contributed by atoms with Gasteiger partial charge in [0, 0.05) is 19.6 Å². The van der Waals surface area contributed by atoms with Crippen molar-refractivity contribution in [3.63, 3.8) is 0 Å². The van der Waals surface area contributed by atoms with Crippen LogP contribution >= 0.6 is 0 Å². The number of nitrogens with zero attached hydrogens (tertiary/aromatic N) is 1. The van der Waals surface area contributed by atoms with E-state index in [1.165, 1.54) is 25.7 Å². The summed E-state index contributed by atoms with van der Waals surface area (Å²) in [7, 11) is 0. The first-order valence-corrected chi connectivity index (χ1v) is 6.33. The van der Waals surface area contributed by atoms with Crippen LogP contribution in [0.15, 0.2) is 0 Å². The number of β-amino-alcohol motifs (C(OH)–C–C–N with tert-alkyl or cyclic N) is 1. The highest BCUT2D eigenvalue weighted by molar-refractivity contribution is 4.74. The number of aliphatic hydroxyl groups excluding tert-OH is 1. The van der Waals surface area contributed by atoms with Gasteiger partial charge < -0.3 is 9.84 Å². The van der Waals surface area contributed by atoms with Gasteiger partial charge >= 0.3 is 0 Å². The van der Waals surface area contributed by atoms with Gasteiger partial charge in [-0.1, -0.05) is 25.7 Å². The Labute approximate surface area is 92.4 Å². The molecule has 2 fully saturated rings. The molecule has 1 unspecified atom stereocenters. The Kier molecular flexibility index (Phi) is 4.42. The van der Waals surface area contributed by atoms with Crippen molar-refractivity contribution in [3.05, 3.63) is 0 Å². The van der Waals surface area contributed by atoms with E-state index in [0.29, 0.717) is 0 Å². The van der Waals surface area contributed by atoms with Crippen LogP contribution in [0.3, 0.4) is 0 Å². The van der Waals surface area contributed by atoms with Gasteiger partial charge in [0.2, 0.25) is 0 Å². The molecule has 1 saturated carbocycles. The van der Waals surface area contributed by atoms with Crippen molar-refractivity contribution < 1.29 is 9.84 Å². The average molecular weight is 213 g/mol. The average Bonchev–Trinajstić information content (AvgIpc) is 2.71. The summed E-state index contributed by atoms with van der Waals surface area (Å²) >= 11 is 0. The minimum atomic E-state index is -0.119. The van der Waals surface area contributed by atoms with Crippen LogP contribution in [0.4, 0.5) is 0 Å². The second-order valence-electron chi connectivity index (χ2n) is 4.95. The fourth-order valence-corrected chi connectivity index (χ4v) is 2.79. The van der Waals surface area contributed by atoms with Crippen LogP contribution in [0.1, 0.15) is 32.1 Å². The molecule has 3 heteroatoms. The summed E-state index contributed by atoms with van der Waals surface area (Å²) in [5, 5.41) is 9.98. The molecule has 2 rings (SSSR count). The lowest BCUT2D eigenvalue weighted by atomic mass is 10.00. The van der Waals surface area contributed by atoms with Gasteiger partial charge in [-0.15, -0.1) is 0 Å². The van der Waals surface area contributed by atoms with Crippen molar-refractivity contribution in [3.8, 4) is 0 Å². The van der Waals surface area contributed by atoms with Crippen molar-refractivity contribution in [2.75, 3.05) is 32.8 Å². The minimum absolute atomic E-state index is 0.119. The molecule has 1 aliphatic carbocycles. The maximum atomic E-state index is 9.98. The zero-order valence-corrected chi connectivity index (χ0v) is 9.53. The first-order valence-electron chi connectivity index (χ1n) is 6.33. The Hall–Kier alpha value is -0.120. The number of morpholine rings is 1. The molecular formula is C12H23NO2. The Bertz CT molecular complexity index is 174. The summed E-state index contributed by atoms with van der Waals surface area (Å²) in [5.41, 5.74) is 0. The van der Waals surface area contributed by atoms with E-state index < -0.39 is 0 Å². The quantitative estimate of drug-likeness (QED) is 0.763. The van der Waals surface area contributed by atoms with Crippen molar-refractivity contribution in [2.45, 2.75) is 38.2 Å². The molecule has 15 heavy (non-hydrogen) atoms. The Morgan fingerprint density at radius 3 is 2.53 bits per heavy atom. The highest BCUT2D eigenvalue weighted by atomic mass is 16.5. The maximum Gasteiger partial charge on any atom is 0.0669 e. The Balaban J connectivity index is 1.64. The first kappa shape index (κ1) is 11.4. The first-order chi connectivity index (χ1) is 7.34. The summed E-state index contributed by atoms with van der Waals surface area (Å²) < 4.78 is 5.29. The van der Waals surface area contributed by atoms with Crippen molar-refractivity contribution in [1.82, 2.24) is 4.90 Å². The zero-order chi connectivity index (χ0) is 10.5. The van der Waals surface area contributed by atoms with Crippen LogP contribution < -0.4 is 0 Å². The van der Waals surface area contributed by atoms with Crippen LogP contribution in [-0.4, -0.2) is 49.0 Å². The molecule has 0 spiro atoms. The molecular weight excluding hydrogens is 190 g/mol. The van der Waals surface area contributed by atoms with E-state index in [0.717, 1.165) is 45.2 Å². The van der Waals surface area contributed by atoms with Crippen LogP contribution in [0.5, 0.6) is 0 Å². The van der Waals surface area contributed by atoms with E-state index in [1.807, 2.05) is 0 Å². The van der Waals surface area contributed by atoms with E-state index in [4.69, 9.17) is 4.74 Å². The third kappa shape index (κ3) is 3.74. The second kappa shape index (κ2) is 5.83. The molecule has 0 amide bonds. The topological polar surface area (TPSA) is 32.7 Å². The van der Waals surface area contributed by atoms with Gasteiger partial charge in [0.15, 0.2) is 0 Å². The number of hydrogen-bond donors (Lipinski definition) is 1. The van der Waals surface area contributed by atoms with Gasteiger partial charge in [-0.3, -0.25) is 4.90 Å². The van der Waals surface area contributed by atoms with Crippen LogP contribution in [0.2, 0.25) is 0 Å². The summed E-state index contributed by atoms with van der Waals surface area (Å²) in [6.45, 7) is 4.48. The van der Waals surface area contributed by atoms with Crippen molar-refractivity contribution in [2.24, 2.45) is 5.92 Å². The second-order valence-corrected chi connectivity index (χ2v) is 4.95. The molecule has 0 aromatic carbocycles. The van der Waals surface area contributed by atoms with Gasteiger partial charge in [0.05, 0.1) is 19.3 Å². The van der Waals surface area contributed by atoms with E-state index >= 15 is 0 Å². The molecule has 0 aromatic rings. The number of aliphatic hydroxyl groups is 1. The minimum Gasteiger partial charge on any atom is -0.392 e. The predicted octanol–water partition coefficient (Wildman–Crippen LogP) is 1.26. The smallest absolute Gasteiger partial charge is 0.0669 e. The van der Waals surface area contributed by atoms with Gasteiger partial charge in [0.1, 0.15) is 0 Å². The monoisotopic (exact) mass is 213 g/mol. The fourth-order valence-electron chi connectivity index (χ4n) is 2.79. The Morgan fingerprint density at radius 2 is 1.87 bits per heavy atom. The lowest BCUT2D eigenvalue weighted by molar-refractivity contribution is 0.0101. The molecule has 1 atom stereocenters. The molecule has 1 N–H and O–H groups in total. The molecule has 1 saturated heterocycles. The highest BCUT2D eigenvalue weighted by Gasteiger charge is 2.21. The molecule has 0 bridgehead atoms. The van der Waals surface area contributed by atoms with Gasteiger partial charge in [-0.05, 0) is 12.3 Å². The third-order valence-corrected chi connectivity index (χ3v) is 3.65. The van der Waals surface area contributed by atoms with E-state index in [9.17, 15) is 5.11 Å². The van der Waals surface area contributed by atoms with E-state index in [-0.39, 0.29) is 6.10 Å². The van der Waals surface area contributed by atoms with Crippen molar-refractivity contribution >= 4 is 0 Å². The molecule has 2 aliphatic rings. The normalized spacial score (nSPS) is 27.0. The van der Waals surface area contributed by atoms with Gasteiger partial charge in [0.25, 0.3) is 0 Å². The summed E-state index contributed by atoms with van der Waals surface area (Å²) in [4.78, 5) is 2.32. The summed E-state index contributed by atoms with van der Waals surface area (Å²) in [6.07, 6.45) is 6.30. The predicted molar refractivity (Wildman–Crippen MR) is 59.8 cm³/mol. The molecule has 3 nitrogen and oxygen atoms in total. The van der Waals surface area contributed by atoms with Gasteiger partial charge in [-0.2, -0.15) is 0 Å². The largest absolute Gasteiger partial charge is 0.392 e. The highest BCUT2D eigenvalue weighted by Crippen LogP contribution is 2.28. The standard InChI is InChI=1S/C12H23NO2/c14-12(9-11-3-1-2-4-11)10-13-5-7-15-8-6-13/h11-12,14H,1-10H2. The number of hydrogen-bond acceptors (Lipinski definition) is 3. The lowest BCUT2D eigenvalue weighted by Crippen LogP contribution is -2.41. The molecule has 0 aromatic heterocycles. The number of rotatable bonds is 4. The molecule has 1 heterocycles. The maximum absolute atomic E-state index is 9.98. The van der Waals surface area contributed by atoms with Crippen LogP contribution in [0, 0.1) is 5.92 Å². The molecule has 88 valence electrons. The fraction of sp³-hybridized carbons (Fsp3) is 1.00. The van der Waals surface area contributed by atoms with E-state index in [1.54, 1.807) is 0 Å². The van der Waals surface area contributed by atoms with Crippen molar-refractivity contribution in [1.29, 1.82) is 0 Å². The molecule has 0 radical (unpaired) electrons. The zero-order valence-electron chi connectivity index (χ0n) is 9.53. The summed E-state index contributed by atoms with van der Waals surface area (Å²) in [6, 6.07) is 0.